The molecule has 1 atom stereocenters. The number of para-hydroxylation sites is 1. The Morgan fingerprint density at radius 2 is 1.89 bits per heavy atom. The van der Waals surface area contributed by atoms with Gasteiger partial charge in [0.2, 0.25) is 5.78 Å². The Hall–Kier alpha value is -3.68. The summed E-state index contributed by atoms with van der Waals surface area (Å²) in [4.78, 5) is 38.4. The van der Waals surface area contributed by atoms with Crippen LogP contribution in [0.15, 0.2) is 42.5 Å². The zero-order valence-electron chi connectivity index (χ0n) is 15.5. The van der Waals surface area contributed by atoms with Crippen LogP contribution in [0.4, 0.5) is 5.69 Å². The van der Waals surface area contributed by atoms with Crippen molar-refractivity contribution in [2.75, 3.05) is 7.11 Å². The molecule has 3 rings (SSSR count). The third-order valence-electron chi connectivity index (χ3n) is 4.39. The molecule has 144 valence electrons. The lowest BCUT2D eigenvalue weighted by atomic mass is 10.0. The number of methoxy groups -OCH3 is 1. The van der Waals surface area contributed by atoms with E-state index in [4.69, 9.17) is 4.74 Å². The van der Waals surface area contributed by atoms with Gasteiger partial charge in [0.1, 0.15) is 0 Å². The molecule has 0 aliphatic carbocycles. The van der Waals surface area contributed by atoms with Crippen LogP contribution in [0.25, 0.3) is 10.9 Å². The van der Waals surface area contributed by atoms with Crippen molar-refractivity contribution in [1.82, 2.24) is 4.98 Å². The molecule has 1 heterocycles. The number of nitrogens with zero attached hydrogens (tertiary/aromatic N) is 1. The lowest BCUT2D eigenvalue weighted by molar-refractivity contribution is -0.386. The maximum Gasteiger partial charge on any atom is 0.338 e. The third-order valence-corrected chi connectivity index (χ3v) is 4.39. The molecule has 2 aromatic carbocycles. The van der Waals surface area contributed by atoms with Gasteiger partial charge in [-0.2, -0.15) is 0 Å². The van der Waals surface area contributed by atoms with Crippen LogP contribution in [-0.2, 0) is 4.74 Å². The lowest BCUT2D eigenvalue weighted by Gasteiger charge is -2.14. The van der Waals surface area contributed by atoms with Crippen molar-refractivity contribution in [3.8, 4) is 5.75 Å². The highest BCUT2D eigenvalue weighted by molar-refractivity contribution is 6.11. The van der Waals surface area contributed by atoms with Crippen molar-refractivity contribution >= 4 is 28.3 Å². The van der Waals surface area contributed by atoms with E-state index in [-0.39, 0.29) is 17.1 Å². The Balaban J connectivity index is 1.93. The van der Waals surface area contributed by atoms with Crippen LogP contribution < -0.4 is 4.74 Å². The number of aromatic amines is 1. The average molecular weight is 382 g/mol. The quantitative estimate of drug-likeness (QED) is 0.300. The summed E-state index contributed by atoms with van der Waals surface area (Å²) < 4.78 is 10.2. The first-order chi connectivity index (χ1) is 13.3. The van der Waals surface area contributed by atoms with E-state index in [0.29, 0.717) is 11.3 Å². The van der Waals surface area contributed by atoms with Crippen LogP contribution in [0.3, 0.4) is 0 Å². The maximum atomic E-state index is 13.0. The van der Waals surface area contributed by atoms with Crippen LogP contribution in [-0.4, -0.2) is 34.9 Å². The van der Waals surface area contributed by atoms with E-state index in [9.17, 15) is 19.7 Å². The predicted molar refractivity (Wildman–Crippen MR) is 102 cm³/mol. The summed E-state index contributed by atoms with van der Waals surface area (Å²) in [6.45, 7) is 3.31. The number of carbonyl (C=O) groups excluding carboxylic acids is 2. The SMILES string of the molecule is COC(=O)c1ccc(O[C@@H](C)C(=O)c2c(C)[nH]c3ccccc23)c([N+](=O)[O-])c1. The maximum absolute atomic E-state index is 13.0. The van der Waals surface area contributed by atoms with Gasteiger partial charge in [-0.25, -0.2) is 4.79 Å². The van der Waals surface area contributed by atoms with Crippen molar-refractivity contribution in [3.05, 3.63) is 69.4 Å². The number of rotatable bonds is 6. The van der Waals surface area contributed by atoms with Crippen LogP contribution in [0.2, 0.25) is 0 Å². The number of aryl methyl sites for hydroxylation is 1. The fourth-order valence-electron chi connectivity index (χ4n) is 3.05. The summed E-state index contributed by atoms with van der Waals surface area (Å²) in [5, 5.41) is 12.1. The van der Waals surface area contributed by atoms with E-state index in [2.05, 4.69) is 9.72 Å². The molecule has 8 nitrogen and oxygen atoms in total. The van der Waals surface area contributed by atoms with Crippen LogP contribution >= 0.6 is 0 Å². The Labute approximate surface area is 160 Å². The number of nitro benzene ring substituents is 1. The molecular formula is C20H18N2O6. The number of nitro groups is 1. The number of ether oxygens (including phenoxy) is 2. The Morgan fingerprint density at radius 1 is 1.18 bits per heavy atom. The minimum Gasteiger partial charge on any atom is -0.475 e. The molecule has 3 aromatic rings. The molecule has 1 aromatic heterocycles. The van der Waals surface area contributed by atoms with Crippen molar-refractivity contribution in [2.45, 2.75) is 20.0 Å². The molecule has 0 amide bonds. The minimum atomic E-state index is -0.972. The zero-order chi connectivity index (χ0) is 20.4. The number of hydrogen-bond donors (Lipinski definition) is 1. The molecule has 1 N–H and O–H groups in total. The van der Waals surface area contributed by atoms with E-state index in [1.54, 1.807) is 6.92 Å². The highest BCUT2D eigenvalue weighted by Crippen LogP contribution is 2.31. The molecule has 0 aliphatic rings. The fraction of sp³-hybridized carbons (Fsp3) is 0.200. The van der Waals surface area contributed by atoms with Crippen LogP contribution in [0.1, 0.15) is 33.3 Å². The lowest BCUT2D eigenvalue weighted by Crippen LogP contribution is -2.24. The zero-order valence-corrected chi connectivity index (χ0v) is 15.5. The molecule has 0 spiro atoms. The van der Waals surface area contributed by atoms with E-state index in [1.807, 2.05) is 24.3 Å². The fourth-order valence-corrected chi connectivity index (χ4v) is 3.05. The number of hydrogen-bond acceptors (Lipinski definition) is 6. The van der Waals surface area contributed by atoms with E-state index in [1.165, 1.54) is 26.2 Å². The number of carbonyl (C=O) groups is 2. The third kappa shape index (κ3) is 3.44. The molecule has 0 saturated carbocycles. The van der Waals surface area contributed by atoms with Gasteiger partial charge >= 0.3 is 11.7 Å². The topological polar surface area (TPSA) is 112 Å². The first kappa shape index (κ1) is 19.1. The normalized spacial score (nSPS) is 11.8. The second-order valence-electron chi connectivity index (χ2n) is 6.23. The monoisotopic (exact) mass is 382 g/mol. The second-order valence-corrected chi connectivity index (χ2v) is 6.23. The van der Waals surface area contributed by atoms with Gasteiger partial charge in [0.25, 0.3) is 0 Å². The summed E-state index contributed by atoms with van der Waals surface area (Å²) in [6.07, 6.45) is -0.972. The number of H-pyrrole nitrogens is 1. The van der Waals surface area contributed by atoms with E-state index < -0.39 is 22.7 Å². The van der Waals surface area contributed by atoms with Gasteiger partial charge in [0.15, 0.2) is 11.9 Å². The molecular weight excluding hydrogens is 364 g/mol. The molecule has 0 bridgehead atoms. The summed E-state index contributed by atoms with van der Waals surface area (Å²) in [5.74, 6) is -1.11. The van der Waals surface area contributed by atoms with Gasteiger partial charge < -0.3 is 14.5 Å². The smallest absolute Gasteiger partial charge is 0.338 e. The molecule has 0 unspecified atom stereocenters. The first-order valence-electron chi connectivity index (χ1n) is 8.48. The Morgan fingerprint density at radius 3 is 2.57 bits per heavy atom. The van der Waals surface area contributed by atoms with Gasteiger partial charge in [-0.15, -0.1) is 0 Å². The molecule has 0 aliphatic heterocycles. The largest absolute Gasteiger partial charge is 0.475 e. The number of benzene rings is 2. The number of esters is 1. The van der Waals surface area contributed by atoms with E-state index in [0.717, 1.165) is 17.0 Å². The Kier molecular flexibility index (Phi) is 5.12. The number of ketones is 1. The standard InChI is InChI=1S/C20H18N2O6/c1-11-18(14-6-4-5-7-15(14)21-11)19(23)12(2)28-17-9-8-13(20(24)27-3)10-16(17)22(25)26/h4-10,12,21H,1-3H3/t12-/m0/s1. The van der Waals surface area contributed by atoms with Gasteiger partial charge in [-0.05, 0) is 32.0 Å². The van der Waals surface area contributed by atoms with Gasteiger partial charge in [0.05, 0.1) is 17.6 Å². The van der Waals surface area contributed by atoms with Crippen molar-refractivity contribution in [3.63, 3.8) is 0 Å². The van der Waals surface area contributed by atoms with Crippen LogP contribution in [0, 0.1) is 17.0 Å². The van der Waals surface area contributed by atoms with Crippen molar-refractivity contribution in [2.24, 2.45) is 0 Å². The average Bonchev–Trinajstić information content (AvgIpc) is 3.02. The highest BCUT2D eigenvalue weighted by atomic mass is 16.6. The number of aromatic nitrogens is 1. The first-order valence-corrected chi connectivity index (χ1v) is 8.48. The Bertz CT molecular complexity index is 1090. The summed E-state index contributed by atoms with van der Waals surface area (Å²) in [6, 6.07) is 11.1. The van der Waals surface area contributed by atoms with Gasteiger partial charge in [-0.3, -0.25) is 14.9 Å². The number of nitrogens with one attached hydrogen (secondary N) is 1. The summed E-state index contributed by atoms with van der Waals surface area (Å²) >= 11 is 0. The molecule has 28 heavy (non-hydrogen) atoms. The van der Waals surface area contributed by atoms with Crippen molar-refractivity contribution in [1.29, 1.82) is 0 Å². The number of fused-ring (bicyclic) bond motifs is 1. The predicted octanol–water partition coefficient (Wildman–Crippen LogP) is 3.82. The highest BCUT2D eigenvalue weighted by Gasteiger charge is 2.26. The minimum absolute atomic E-state index is 0.0213. The summed E-state index contributed by atoms with van der Waals surface area (Å²) in [7, 11) is 1.18. The molecule has 0 saturated heterocycles. The van der Waals surface area contributed by atoms with E-state index >= 15 is 0 Å². The summed E-state index contributed by atoms with van der Waals surface area (Å²) in [5.41, 5.74) is 1.60. The van der Waals surface area contributed by atoms with Crippen LogP contribution in [0.5, 0.6) is 5.75 Å². The molecule has 0 radical (unpaired) electrons. The van der Waals surface area contributed by atoms with Gasteiger partial charge in [0, 0.05) is 28.2 Å². The molecule has 0 fully saturated rings. The number of Topliss-reactive ketones (excluding diaryl/α,β-unsaturated/α-hetero) is 1. The van der Waals surface area contributed by atoms with Gasteiger partial charge in [-0.1, -0.05) is 18.2 Å². The second kappa shape index (κ2) is 7.51. The molecule has 8 heteroatoms. The van der Waals surface area contributed by atoms with Crippen molar-refractivity contribution < 1.29 is 24.0 Å².